The first-order valence-electron chi connectivity index (χ1n) is 3.14. The summed E-state index contributed by atoms with van der Waals surface area (Å²) in [6, 6.07) is 4.35. The van der Waals surface area contributed by atoms with Gasteiger partial charge in [-0.2, -0.15) is 0 Å². The summed E-state index contributed by atoms with van der Waals surface area (Å²) in [6.45, 7) is -0.836. The summed E-state index contributed by atoms with van der Waals surface area (Å²) in [5, 5.41) is 10.4. The van der Waals surface area contributed by atoms with E-state index in [1.165, 1.54) is 12.1 Å². The first-order chi connectivity index (χ1) is 5.66. The van der Waals surface area contributed by atoms with Crippen LogP contribution in [-0.2, 0) is 6.67 Å². The number of rotatable bonds is 2. The molecule has 0 aromatic heterocycles. The third-order valence-corrected chi connectivity index (χ3v) is 2.17. The maximum absolute atomic E-state index is 12.3. The van der Waals surface area contributed by atoms with Crippen LogP contribution >= 0.6 is 15.9 Å². The van der Waals surface area contributed by atoms with E-state index in [1.807, 2.05) is 0 Å². The molecule has 12 heavy (non-hydrogen) atoms. The average molecular weight is 234 g/mol. The van der Waals surface area contributed by atoms with Crippen LogP contribution in [0.25, 0.3) is 0 Å². The highest BCUT2D eigenvalue weighted by atomic mass is 79.9. The van der Waals surface area contributed by atoms with Gasteiger partial charge in [0.2, 0.25) is 0 Å². The summed E-state index contributed by atoms with van der Waals surface area (Å²) in [6.07, 6.45) is 0. The molecule has 0 radical (unpaired) electrons. The van der Waals surface area contributed by atoms with Crippen molar-refractivity contribution in [2.45, 2.75) is 6.67 Å². The van der Waals surface area contributed by atoms with E-state index in [1.54, 1.807) is 6.07 Å². The van der Waals surface area contributed by atoms with Crippen LogP contribution in [0.1, 0.15) is 5.56 Å². The zero-order valence-electron chi connectivity index (χ0n) is 5.96. The molecule has 0 N–H and O–H groups in total. The van der Waals surface area contributed by atoms with E-state index in [0.717, 1.165) is 0 Å². The predicted octanol–water partition coefficient (Wildman–Crippen LogP) is 2.83. The number of nitro groups is 1. The highest BCUT2D eigenvalue weighted by Gasteiger charge is 2.15. The van der Waals surface area contributed by atoms with Crippen LogP contribution in [0.4, 0.5) is 10.1 Å². The van der Waals surface area contributed by atoms with Gasteiger partial charge >= 0.3 is 0 Å². The Morgan fingerprint density at radius 1 is 1.58 bits per heavy atom. The van der Waals surface area contributed by atoms with Crippen molar-refractivity contribution in [3.05, 3.63) is 38.3 Å². The number of nitro benzene ring substituents is 1. The van der Waals surface area contributed by atoms with Crippen molar-refractivity contribution in [2.75, 3.05) is 0 Å². The maximum Gasteiger partial charge on any atom is 0.276 e. The summed E-state index contributed by atoms with van der Waals surface area (Å²) in [5.74, 6) is 0. The Bertz CT molecular complexity index is 316. The van der Waals surface area contributed by atoms with Crippen LogP contribution in [0, 0.1) is 10.1 Å². The zero-order valence-corrected chi connectivity index (χ0v) is 7.54. The van der Waals surface area contributed by atoms with Crippen LogP contribution in [0.5, 0.6) is 0 Å². The second-order valence-electron chi connectivity index (χ2n) is 2.13. The molecule has 1 aromatic rings. The third-order valence-electron chi connectivity index (χ3n) is 1.42. The number of halogens is 2. The Kier molecular flexibility index (Phi) is 2.75. The van der Waals surface area contributed by atoms with Crippen LogP contribution in [0.3, 0.4) is 0 Å². The van der Waals surface area contributed by atoms with Gasteiger partial charge in [0.25, 0.3) is 5.69 Å². The largest absolute Gasteiger partial charge is 0.276 e. The lowest BCUT2D eigenvalue weighted by molar-refractivity contribution is -0.385. The molecule has 0 bridgehead atoms. The fraction of sp³-hybridized carbons (Fsp3) is 0.143. The van der Waals surface area contributed by atoms with Gasteiger partial charge < -0.3 is 0 Å². The molecule has 0 fully saturated rings. The van der Waals surface area contributed by atoms with Crippen LogP contribution in [0.2, 0.25) is 0 Å². The monoisotopic (exact) mass is 233 g/mol. The molecular formula is C7H5BrFNO2. The lowest BCUT2D eigenvalue weighted by Gasteiger charge is -1.99. The first kappa shape index (κ1) is 9.12. The number of hydrogen-bond donors (Lipinski definition) is 0. The summed E-state index contributed by atoms with van der Waals surface area (Å²) in [5.41, 5.74) is -0.102. The number of benzene rings is 1. The molecule has 64 valence electrons. The van der Waals surface area contributed by atoms with Gasteiger partial charge in [-0.05, 0) is 6.07 Å². The van der Waals surface area contributed by atoms with Crippen molar-refractivity contribution in [1.82, 2.24) is 0 Å². The fourth-order valence-corrected chi connectivity index (χ4v) is 1.31. The molecule has 0 aliphatic heterocycles. The van der Waals surface area contributed by atoms with Gasteiger partial charge in [0, 0.05) is 10.5 Å². The summed E-state index contributed by atoms with van der Waals surface area (Å²) >= 11 is 3.03. The van der Waals surface area contributed by atoms with E-state index in [0.29, 0.717) is 4.47 Å². The fourth-order valence-electron chi connectivity index (χ4n) is 0.851. The molecule has 0 saturated carbocycles. The molecule has 0 amide bonds. The molecular weight excluding hydrogens is 229 g/mol. The molecule has 0 unspecified atom stereocenters. The second-order valence-corrected chi connectivity index (χ2v) is 2.98. The van der Waals surface area contributed by atoms with E-state index < -0.39 is 11.6 Å². The molecule has 0 aliphatic carbocycles. The van der Waals surface area contributed by atoms with E-state index in [-0.39, 0.29) is 11.3 Å². The van der Waals surface area contributed by atoms with Gasteiger partial charge in [0.1, 0.15) is 6.67 Å². The maximum atomic E-state index is 12.3. The van der Waals surface area contributed by atoms with Crippen molar-refractivity contribution in [1.29, 1.82) is 0 Å². The molecule has 0 saturated heterocycles. The first-order valence-corrected chi connectivity index (χ1v) is 3.94. The van der Waals surface area contributed by atoms with E-state index >= 15 is 0 Å². The normalized spacial score (nSPS) is 9.83. The molecule has 0 aliphatic rings. The smallest absolute Gasteiger partial charge is 0.258 e. The number of hydrogen-bond acceptors (Lipinski definition) is 2. The summed E-state index contributed by atoms with van der Waals surface area (Å²) in [7, 11) is 0. The molecule has 0 atom stereocenters. The van der Waals surface area contributed by atoms with Gasteiger partial charge in [-0.3, -0.25) is 10.1 Å². The third kappa shape index (κ3) is 1.61. The SMILES string of the molecule is O=[N+]([O-])c1cccc(Br)c1CF. The zero-order chi connectivity index (χ0) is 9.14. The lowest BCUT2D eigenvalue weighted by atomic mass is 10.2. The van der Waals surface area contributed by atoms with Crippen molar-refractivity contribution in [2.24, 2.45) is 0 Å². The Labute approximate surface area is 76.5 Å². The van der Waals surface area contributed by atoms with Crippen LogP contribution in [0.15, 0.2) is 22.7 Å². The molecule has 0 spiro atoms. The highest BCUT2D eigenvalue weighted by Crippen LogP contribution is 2.26. The van der Waals surface area contributed by atoms with Crippen LogP contribution < -0.4 is 0 Å². The van der Waals surface area contributed by atoms with Crippen LogP contribution in [-0.4, -0.2) is 4.92 Å². The van der Waals surface area contributed by atoms with E-state index in [2.05, 4.69) is 15.9 Å². The molecule has 5 heteroatoms. The second kappa shape index (κ2) is 3.62. The molecule has 1 rings (SSSR count). The molecule has 0 heterocycles. The Morgan fingerprint density at radius 3 is 2.67 bits per heavy atom. The topological polar surface area (TPSA) is 43.1 Å². The van der Waals surface area contributed by atoms with E-state index in [9.17, 15) is 14.5 Å². The summed E-state index contributed by atoms with van der Waals surface area (Å²) in [4.78, 5) is 9.75. The quantitative estimate of drug-likeness (QED) is 0.583. The van der Waals surface area contributed by atoms with Crippen molar-refractivity contribution in [3.63, 3.8) is 0 Å². The van der Waals surface area contributed by atoms with Gasteiger partial charge in [-0.1, -0.05) is 22.0 Å². The minimum atomic E-state index is -0.836. The Morgan fingerprint density at radius 2 is 2.25 bits per heavy atom. The van der Waals surface area contributed by atoms with Gasteiger partial charge in [-0.25, -0.2) is 4.39 Å². The standard InChI is InChI=1S/C7H5BrFNO2/c8-6-2-1-3-7(10(11)12)5(6)4-9/h1-3H,4H2. The van der Waals surface area contributed by atoms with Crippen molar-refractivity contribution < 1.29 is 9.31 Å². The number of nitrogens with zero attached hydrogens (tertiary/aromatic N) is 1. The minimum Gasteiger partial charge on any atom is -0.258 e. The van der Waals surface area contributed by atoms with Gasteiger partial charge in [-0.15, -0.1) is 0 Å². The van der Waals surface area contributed by atoms with Crippen molar-refractivity contribution >= 4 is 21.6 Å². The Balaban J connectivity index is 3.27. The van der Waals surface area contributed by atoms with Gasteiger partial charge in [0.05, 0.1) is 10.5 Å². The number of alkyl halides is 1. The average Bonchev–Trinajstić information content (AvgIpc) is 2.03. The summed E-state index contributed by atoms with van der Waals surface area (Å²) < 4.78 is 12.7. The molecule has 3 nitrogen and oxygen atoms in total. The minimum absolute atomic E-state index is 0.0856. The Hall–Kier alpha value is -0.970. The van der Waals surface area contributed by atoms with Gasteiger partial charge in [0.15, 0.2) is 0 Å². The van der Waals surface area contributed by atoms with E-state index in [4.69, 9.17) is 0 Å². The van der Waals surface area contributed by atoms with Crippen molar-refractivity contribution in [3.8, 4) is 0 Å². The lowest BCUT2D eigenvalue weighted by Crippen LogP contribution is -1.94. The predicted molar refractivity (Wildman–Crippen MR) is 45.6 cm³/mol. The highest BCUT2D eigenvalue weighted by molar-refractivity contribution is 9.10. The molecule has 1 aromatic carbocycles.